The molecule has 7 heteroatoms. The van der Waals surface area contributed by atoms with E-state index in [1.807, 2.05) is 17.8 Å². The molecule has 2 aliphatic rings. The van der Waals surface area contributed by atoms with Gasteiger partial charge in [-0.25, -0.2) is 9.78 Å². The third-order valence-corrected chi connectivity index (χ3v) is 5.19. The first-order chi connectivity index (χ1) is 12.7. The van der Waals surface area contributed by atoms with E-state index < -0.39 is 0 Å². The Morgan fingerprint density at radius 1 is 1.31 bits per heavy atom. The summed E-state index contributed by atoms with van der Waals surface area (Å²) in [5.41, 5.74) is 3.19. The van der Waals surface area contributed by atoms with E-state index in [2.05, 4.69) is 26.7 Å². The summed E-state index contributed by atoms with van der Waals surface area (Å²) in [6.07, 6.45) is 11.4. The molecule has 1 aliphatic heterocycles. The molecule has 3 heterocycles. The fourth-order valence-corrected chi connectivity index (χ4v) is 3.80. The highest BCUT2D eigenvalue weighted by atomic mass is 16.5. The van der Waals surface area contributed by atoms with E-state index >= 15 is 0 Å². The predicted molar refractivity (Wildman–Crippen MR) is 98.0 cm³/mol. The standard InChI is InChI=1S/C19H25N5O2/c1-24-8-7-20-18(24)17-11-14(6-9-26-17)22-19(25)23-15-10-13-4-2-3-5-16(13)21-12-15/h7-8,10,12,14,17H,2-6,9,11H2,1H3,(H2,22,23,25). The number of ether oxygens (including phenoxy) is 1. The molecule has 0 saturated carbocycles. The van der Waals surface area contributed by atoms with Crippen LogP contribution < -0.4 is 10.6 Å². The summed E-state index contributed by atoms with van der Waals surface area (Å²) in [5, 5.41) is 5.99. The average molecular weight is 355 g/mol. The smallest absolute Gasteiger partial charge is 0.319 e. The second-order valence-corrected chi connectivity index (χ2v) is 7.11. The van der Waals surface area contributed by atoms with E-state index in [0.29, 0.717) is 6.61 Å². The number of pyridine rings is 1. The van der Waals surface area contributed by atoms with Gasteiger partial charge in [0.2, 0.25) is 0 Å². The first-order valence-corrected chi connectivity index (χ1v) is 9.33. The van der Waals surface area contributed by atoms with Crippen LogP contribution >= 0.6 is 0 Å². The van der Waals surface area contributed by atoms with Crippen molar-refractivity contribution in [3.8, 4) is 0 Å². The Kier molecular flexibility index (Phi) is 4.88. The van der Waals surface area contributed by atoms with Gasteiger partial charge in [-0.15, -0.1) is 0 Å². The number of carbonyl (C=O) groups is 1. The number of fused-ring (bicyclic) bond motifs is 1. The molecule has 2 unspecified atom stereocenters. The molecular weight excluding hydrogens is 330 g/mol. The highest BCUT2D eigenvalue weighted by Crippen LogP contribution is 2.27. The molecule has 1 fully saturated rings. The number of nitrogens with one attached hydrogen (secondary N) is 2. The lowest BCUT2D eigenvalue weighted by atomic mass is 9.96. The van der Waals surface area contributed by atoms with Gasteiger partial charge in [0, 0.05) is 44.2 Å². The van der Waals surface area contributed by atoms with Crippen LogP contribution in [0.3, 0.4) is 0 Å². The van der Waals surface area contributed by atoms with Crippen LogP contribution in [0.15, 0.2) is 24.7 Å². The van der Waals surface area contributed by atoms with Gasteiger partial charge in [-0.3, -0.25) is 4.98 Å². The number of imidazole rings is 1. The molecule has 0 aromatic carbocycles. The number of hydrogen-bond acceptors (Lipinski definition) is 4. The molecule has 2 N–H and O–H groups in total. The minimum atomic E-state index is -0.187. The maximum absolute atomic E-state index is 12.4. The van der Waals surface area contributed by atoms with Crippen molar-refractivity contribution in [3.05, 3.63) is 41.7 Å². The normalized spacial score (nSPS) is 22.5. The molecule has 1 aliphatic carbocycles. The zero-order chi connectivity index (χ0) is 17.9. The fourth-order valence-electron chi connectivity index (χ4n) is 3.80. The number of carbonyl (C=O) groups excluding carboxylic acids is 1. The van der Waals surface area contributed by atoms with Gasteiger partial charge in [0.05, 0.1) is 11.9 Å². The van der Waals surface area contributed by atoms with Gasteiger partial charge in [0.25, 0.3) is 0 Å². The Balaban J connectivity index is 1.35. The topological polar surface area (TPSA) is 81.1 Å². The van der Waals surface area contributed by atoms with Gasteiger partial charge < -0.3 is 19.9 Å². The van der Waals surface area contributed by atoms with Crippen LogP contribution in [0.5, 0.6) is 0 Å². The summed E-state index contributed by atoms with van der Waals surface area (Å²) in [6.45, 7) is 0.614. The molecule has 2 aromatic heterocycles. The summed E-state index contributed by atoms with van der Waals surface area (Å²) in [7, 11) is 1.96. The second kappa shape index (κ2) is 7.45. The fraction of sp³-hybridized carbons (Fsp3) is 0.526. The van der Waals surface area contributed by atoms with Crippen molar-refractivity contribution in [1.82, 2.24) is 19.9 Å². The molecule has 4 rings (SSSR count). The zero-order valence-electron chi connectivity index (χ0n) is 15.1. The molecule has 2 amide bonds. The van der Waals surface area contributed by atoms with E-state index in [-0.39, 0.29) is 18.2 Å². The Hall–Kier alpha value is -2.41. The lowest BCUT2D eigenvalue weighted by Gasteiger charge is -2.29. The number of nitrogens with zero attached hydrogens (tertiary/aromatic N) is 3. The number of anilines is 1. The van der Waals surface area contributed by atoms with Gasteiger partial charge in [-0.05, 0) is 43.7 Å². The van der Waals surface area contributed by atoms with E-state index in [9.17, 15) is 4.79 Å². The van der Waals surface area contributed by atoms with Crippen molar-refractivity contribution in [2.45, 2.75) is 50.7 Å². The lowest BCUT2D eigenvalue weighted by molar-refractivity contribution is -0.00410. The highest BCUT2D eigenvalue weighted by Gasteiger charge is 2.27. The van der Waals surface area contributed by atoms with E-state index in [4.69, 9.17) is 4.74 Å². The molecule has 7 nitrogen and oxygen atoms in total. The molecule has 2 atom stereocenters. The van der Waals surface area contributed by atoms with Crippen LogP contribution in [0.1, 0.15) is 48.9 Å². The second-order valence-electron chi connectivity index (χ2n) is 7.11. The van der Waals surface area contributed by atoms with Crippen molar-refractivity contribution in [2.75, 3.05) is 11.9 Å². The van der Waals surface area contributed by atoms with Gasteiger partial charge in [-0.2, -0.15) is 0 Å². The molecule has 26 heavy (non-hydrogen) atoms. The Labute approximate surface area is 153 Å². The Morgan fingerprint density at radius 2 is 2.19 bits per heavy atom. The van der Waals surface area contributed by atoms with Crippen molar-refractivity contribution in [2.24, 2.45) is 7.05 Å². The van der Waals surface area contributed by atoms with Gasteiger partial charge in [0.15, 0.2) is 0 Å². The van der Waals surface area contributed by atoms with Crippen molar-refractivity contribution >= 4 is 11.7 Å². The maximum Gasteiger partial charge on any atom is 0.319 e. The van der Waals surface area contributed by atoms with Crippen molar-refractivity contribution in [1.29, 1.82) is 0 Å². The Morgan fingerprint density at radius 3 is 3.04 bits per heavy atom. The number of aryl methyl sites for hydroxylation is 3. The third kappa shape index (κ3) is 3.72. The highest BCUT2D eigenvalue weighted by molar-refractivity contribution is 5.89. The van der Waals surface area contributed by atoms with E-state index in [0.717, 1.165) is 37.2 Å². The van der Waals surface area contributed by atoms with Crippen LogP contribution in [0.4, 0.5) is 10.5 Å². The van der Waals surface area contributed by atoms with Crippen LogP contribution in [-0.2, 0) is 24.6 Å². The lowest BCUT2D eigenvalue weighted by Crippen LogP contribution is -2.42. The minimum absolute atomic E-state index is 0.0658. The summed E-state index contributed by atoms with van der Waals surface area (Å²) >= 11 is 0. The first-order valence-electron chi connectivity index (χ1n) is 9.33. The summed E-state index contributed by atoms with van der Waals surface area (Å²) < 4.78 is 7.79. The van der Waals surface area contributed by atoms with Crippen LogP contribution in [0.25, 0.3) is 0 Å². The zero-order valence-corrected chi connectivity index (χ0v) is 15.1. The number of urea groups is 1. The number of hydrogen-bond donors (Lipinski definition) is 2. The van der Waals surface area contributed by atoms with Crippen molar-refractivity contribution in [3.63, 3.8) is 0 Å². The molecule has 2 aromatic rings. The van der Waals surface area contributed by atoms with Gasteiger partial charge in [-0.1, -0.05) is 0 Å². The average Bonchev–Trinajstić information content (AvgIpc) is 3.08. The molecular formula is C19H25N5O2. The largest absolute Gasteiger partial charge is 0.370 e. The molecule has 0 spiro atoms. The minimum Gasteiger partial charge on any atom is -0.370 e. The van der Waals surface area contributed by atoms with Gasteiger partial charge in [0.1, 0.15) is 11.9 Å². The molecule has 1 saturated heterocycles. The van der Waals surface area contributed by atoms with Crippen LogP contribution in [0, 0.1) is 0 Å². The molecule has 138 valence electrons. The Bertz CT molecular complexity index is 788. The third-order valence-electron chi connectivity index (χ3n) is 5.19. The maximum atomic E-state index is 12.4. The monoisotopic (exact) mass is 355 g/mol. The van der Waals surface area contributed by atoms with Crippen LogP contribution in [0.2, 0.25) is 0 Å². The molecule has 0 radical (unpaired) electrons. The summed E-state index contributed by atoms with van der Waals surface area (Å²) in [6, 6.07) is 1.94. The number of aromatic nitrogens is 3. The molecule has 0 bridgehead atoms. The summed E-state index contributed by atoms with van der Waals surface area (Å²) in [4.78, 5) is 21.3. The number of rotatable bonds is 3. The van der Waals surface area contributed by atoms with Crippen molar-refractivity contribution < 1.29 is 9.53 Å². The van der Waals surface area contributed by atoms with E-state index in [1.54, 1.807) is 12.4 Å². The quantitative estimate of drug-likeness (QED) is 0.887. The van der Waals surface area contributed by atoms with Crippen LogP contribution in [-0.4, -0.2) is 33.2 Å². The van der Waals surface area contributed by atoms with Gasteiger partial charge >= 0.3 is 6.03 Å². The first kappa shape index (κ1) is 17.0. The predicted octanol–water partition coefficient (Wildman–Crippen LogP) is 2.74. The number of amides is 2. The van der Waals surface area contributed by atoms with E-state index in [1.165, 1.54) is 24.1 Å². The SMILES string of the molecule is Cn1ccnc1C1CC(NC(=O)Nc2cnc3c(c2)CCCC3)CCO1. The summed E-state index contributed by atoms with van der Waals surface area (Å²) in [5.74, 6) is 0.899.